The van der Waals surface area contributed by atoms with E-state index in [-0.39, 0.29) is 5.97 Å². The van der Waals surface area contributed by atoms with E-state index in [9.17, 15) is 4.79 Å². The number of fused-ring (bicyclic) bond motifs is 1. The molecule has 0 aliphatic carbocycles. The second-order valence-corrected chi connectivity index (χ2v) is 4.94. The van der Waals surface area contributed by atoms with Gasteiger partial charge >= 0.3 is 5.97 Å². The summed E-state index contributed by atoms with van der Waals surface area (Å²) in [5, 5.41) is 0.992. The van der Waals surface area contributed by atoms with Crippen LogP contribution in [0.5, 0.6) is 5.75 Å². The maximum Gasteiger partial charge on any atom is 0.349 e. The van der Waals surface area contributed by atoms with Gasteiger partial charge in [-0.1, -0.05) is 0 Å². The topological polar surface area (TPSA) is 35.5 Å². The average molecular weight is 301 g/mol. The Balaban J connectivity index is 2.63. The Morgan fingerprint density at radius 2 is 2.12 bits per heavy atom. The minimum absolute atomic E-state index is 0.327. The highest BCUT2D eigenvalue weighted by atomic mass is 79.9. The first-order chi connectivity index (χ1) is 7.67. The first-order valence-corrected chi connectivity index (χ1v) is 6.12. The molecule has 5 heteroatoms. The number of esters is 1. The summed E-state index contributed by atoms with van der Waals surface area (Å²) in [4.78, 5) is 12.1. The minimum Gasteiger partial charge on any atom is -0.497 e. The van der Waals surface area contributed by atoms with Crippen LogP contribution >= 0.6 is 27.3 Å². The lowest BCUT2D eigenvalue weighted by Crippen LogP contribution is -1.98. The number of rotatable bonds is 2. The van der Waals surface area contributed by atoms with Crippen LogP contribution in [0.2, 0.25) is 0 Å². The van der Waals surface area contributed by atoms with Gasteiger partial charge in [-0.2, -0.15) is 0 Å². The number of thiophene rings is 1. The van der Waals surface area contributed by atoms with E-state index in [1.165, 1.54) is 18.4 Å². The van der Waals surface area contributed by atoms with Crippen molar-refractivity contribution >= 4 is 43.3 Å². The van der Waals surface area contributed by atoms with E-state index in [1.807, 2.05) is 18.2 Å². The summed E-state index contributed by atoms with van der Waals surface area (Å²) in [7, 11) is 2.99. The molecule has 0 atom stereocenters. The van der Waals surface area contributed by atoms with Crippen LogP contribution in [0.3, 0.4) is 0 Å². The molecular weight excluding hydrogens is 292 g/mol. The van der Waals surface area contributed by atoms with E-state index < -0.39 is 0 Å². The molecular formula is C11H9BrO3S. The molecule has 0 unspecified atom stereocenters. The van der Waals surface area contributed by atoms with Crippen LogP contribution in [0.15, 0.2) is 22.7 Å². The van der Waals surface area contributed by atoms with Crippen molar-refractivity contribution < 1.29 is 14.3 Å². The second-order valence-electron chi connectivity index (χ2n) is 3.10. The van der Waals surface area contributed by atoms with Gasteiger partial charge in [-0.25, -0.2) is 4.79 Å². The van der Waals surface area contributed by atoms with Gasteiger partial charge < -0.3 is 9.47 Å². The first-order valence-electron chi connectivity index (χ1n) is 4.51. The molecule has 2 rings (SSSR count). The molecule has 1 aromatic heterocycles. The molecule has 16 heavy (non-hydrogen) atoms. The lowest BCUT2D eigenvalue weighted by atomic mass is 10.2. The zero-order chi connectivity index (χ0) is 11.7. The van der Waals surface area contributed by atoms with Crippen molar-refractivity contribution in [3.05, 3.63) is 27.5 Å². The fourth-order valence-corrected chi connectivity index (χ4v) is 3.32. The Hall–Kier alpha value is -1.07. The molecule has 0 aliphatic heterocycles. The van der Waals surface area contributed by atoms with Gasteiger partial charge in [0.2, 0.25) is 0 Å². The van der Waals surface area contributed by atoms with Gasteiger partial charge in [0, 0.05) is 10.1 Å². The number of benzene rings is 1. The van der Waals surface area contributed by atoms with E-state index in [2.05, 4.69) is 15.9 Å². The van der Waals surface area contributed by atoms with Crippen LogP contribution in [0.25, 0.3) is 10.1 Å². The fourth-order valence-electron chi connectivity index (χ4n) is 1.40. The van der Waals surface area contributed by atoms with Crippen molar-refractivity contribution in [1.82, 2.24) is 0 Å². The first kappa shape index (κ1) is 11.4. The maximum atomic E-state index is 11.5. The van der Waals surface area contributed by atoms with Crippen LogP contribution in [-0.4, -0.2) is 20.2 Å². The monoisotopic (exact) mass is 300 g/mol. The van der Waals surface area contributed by atoms with Gasteiger partial charge in [-0.05, 0) is 34.1 Å². The minimum atomic E-state index is -0.327. The molecule has 0 bridgehead atoms. The Bertz CT molecular complexity index is 547. The number of ether oxygens (including phenoxy) is 2. The molecule has 2 aromatic rings. The number of halogens is 1. The third-order valence-electron chi connectivity index (χ3n) is 2.21. The summed E-state index contributed by atoms with van der Waals surface area (Å²) >= 11 is 4.79. The summed E-state index contributed by atoms with van der Waals surface area (Å²) < 4.78 is 11.6. The van der Waals surface area contributed by atoms with Crippen LogP contribution in [-0.2, 0) is 4.74 Å². The van der Waals surface area contributed by atoms with Crippen molar-refractivity contribution in [3.8, 4) is 5.75 Å². The highest BCUT2D eigenvalue weighted by molar-refractivity contribution is 9.10. The SMILES string of the molecule is COC(=O)c1sc2cc(OC)ccc2c1Br. The summed E-state index contributed by atoms with van der Waals surface area (Å²) in [6, 6.07) is 5.68. The lowest BCUT2D eigenvalue weighted by molar-refractivity contribution is 0.0605. The predicted molar refractivity (Wildman–Crippen MR) is 67.4 cm³/mol. The molecule has 0 radical (unpaired) electrons. The lowest BCUT2D eigenvalue weighted by Gasteiger charge is -1.97. The van der Waals surface area contributed by atoms with E-state index in [0.29, 0.717) is 4.88 Å². The number of hydrogen-bond acceptors (Lipinski definition) is 4. The van der Waals surface area contributed by atoms with Gasteiger partial charge in [0.1, 0.15) is 10.6 Å². The summed E-state index contributed by atoms with van der Waals surface area (Å²) in [5.74, 6) is 0.449. The van der Waals surface area contributed by atoms with Crippen molar-refractivity contribution in [2.24, 2.45) is 0 Å². The molecule has 0 fully saturated rings. The van der Waals surface area contributed by atoms with Gasteiger partial charge in [-0.3, -0.25) is 0 Å². The molecule has 1 heterocycles. The number of carbonyl (C=O) groups excluding carboxylic acids is 1. The van der Waals surface area contributed by atoms with Crippen molar-refractivity contribution in [2.75, 3.05) is 14.2 Å². The molecule has 0 aliphatic rings. The Morgan fingerprint density at radius 3 is 2.75 bits per heavy atom. The zero-order valence-corrected chi connectivity index (χ0v) is 11.1. The standard InChI is InChI=1S/C11H9BrO3S/c1-14-6-3-4-7-8(5-6)16-10(9(7)12)11(13)15-2/h3-5H,1-2H3. The van der Waals surface area contributed by atoms with Crippen LogP contribution < -0.4 is 4.74 Å². The van der Waals surface area contributed by atoms with E-state index in [4.69, 9.17) is 9.47 Å². The van der Waals surface area contributed by atoms with Gasteiger partial charge in [0.05, 0.1) is 18.7 Å². The molecule has 1 aromatic carbocycles. The average Bonchev–Trinajstić information content (AvgIpc) is 2.65. The summed E-state index contributed by atoms with van der Waals surface area (Å²) in [5.41, 5.74) is 0. The van der Waals surface area contributed by atoms with Crippen molar-refractivity contribution in [2.45, 2.75) is 0 Å². The third-order valence-corrected chi connectivity index (χ3v) is 4.43. The highest BCUT2D eigenvalue weighted by Gasteiger charge is 2.17. The fraction of sp³-hybridized carbons (Fsp3) is 0.182. The van der Waals surface area contributed by atoms with Crippen LogP contribution in [0.1, 0.15) is 9.67 Å². The van der Waals surface area contributed by atoms with Gasteiger partial charge in [0.15, 0.2) is 0 Å². The van der Waals surface area contributed by atoms with Crippen molar-refractivity contribution in [3.63, 3.8) is 0 Å². The molecule has 0 spiro atoms. The molecule has 0 amide bonds. The molecule has 3 nitrogen and oxygen atoms in total. The second kappa shape index (κ2) is 4.43. The Labute approximate surface area is 105 Å². The normalized spacial score (nSPS) is 10.4. The molecule has 0 saturated carbocycles. The van der Waals surface area contributed by atoms with E-state index >= 15 is 0 Å². The predicted octanol–water partition coefficient (Wildman–Crippen LogP) is 3.46. The van der Waals surface area contributed by atoms with Crippen LogP contribution in [0.4, 0.5) is 0 Å². The van der Waals surface area contributed by atoms with E-state index in [0.717, 1.165) is 20.3 Å². The molecule has 0 saturated heterocycles. The number of carbonyl (C=O) groups is 1. The zero-order valence-electron chi connectivity index (χ0n) is 8.74. The molecule has 0 N–H and O–H groups in total. The number of methoxy groups -OCH3 is 2. The third kappa shape index (κ3) is 1.81. The highest BCUT2D eigenvalue weighted by Crippen LogP contribution is 2.37. The smallest absolute Gasteiger partial charge is 0.349 e. The van der Waals surface area contributed by atoms with Gasteiger partial charge in [-0.15, -0.1) is 11.3 Å². The summed E-state index contributed by atoms with van der Waals surface area (Å²) in [6.07, 6.45) is 0. The quantitative estimate of drug-likeness (QED) is 0.797. The van der Waals surface area contributed by atoms with E-state index in [1.54, 1.807) is 7.11 Å². The van der Waals surface area contributed by atoms with Crippen molar-refractivity contribution in [1.29, 1.82) is 0 Å². The van der Waals surface area contributed by atoms with Crippen LogP contribution in [0, 0.1) is 0 Å². The molecule has 84 valence electrons. The summed E-state index contributed by atoms with van der Waals surface area (Å²) in [6.45, 7) is 0. The van der Waals surface area contributed by atoms with Gasteiger partial charge in [0.25, 0.3) is 0 Å². The number of hydrogen-bond donors (Lipinski definition) is 0. The Morgan fingerprint density at radius 1 is 1.38 bits per heavy atom. The Kier molecular flexibility index (Phi) is 3.16. The maximum absolute atomic E-state index is 11.5. The largest absolute Gasteiger partial charge is 0.497 e.